The van der Waals surface area contributed by atoms with Gasteiger partial charge in [0, 0.05) is 0 Å². The van der Waals surface area contributed by atoms with E-state index in [2.05, 4.69) is 57.2 Å². The van der Waals surface area contributed by atoms with E-state index in [1.807, 2.05) is 48.5 Å². The highest BCUT2D eigenvalue weighted by Crippen LogP contribution is 2.34. The second-order valence-electron chi connectivity index (χ2n) is 9.14. The zero-order valence-electron chi connectivity index (χ0n) is 18.2. The van der Waals surface area contributed by atoms with E-state index < -0.39 is 11.9 Å². The normalized spacial score (nSPS) is 13.6. The second-order valence-corrected chi connectivity index (χ2v) is 9.14. The van der Waals surface area contributed by atoms with Crippen molar-refractivity contribution < 1.29 is 9.90 Å². The van der Waals surface area contributed by atoms with Gasteiger partial charge in [0.15, 0.2) is 0 Å². The van der Waals surface area contributed by atoms with Crippen LogP contribution in [0.1, 0.15) is 55.4 Å². The molecule has 2 unspecified atom stereocenters. The monoisotopic (exact) mass is 400 g/mol. The maximum absolute atomic E-state index is 12.4. The number of hydrogen-bond donors (Lipinski definition) is 1. The Kier molecular flexibility index (Phi) is 7.10. The van der Waals surface area contributed by atoms with Gasteiger partial charge in [0.2, 0.25) is 0 Å². The van der Waals surface area contributed by atoms with Crippen LogP contribution < -0.4 is 0 Å². The van der Waals surface area contributed by atoms with Gasteiger partial charge in [0.25, 0.3) is 0 Å². The molecule has 2 atom stereocenters. The molecule has 3 aromatic rings. The third kappa shape index (κ3) is 5.82. The van der Waals surface area contributed by atoms with Crippen molar-refractivity contribution in [3.05, 3.63) is 107 Å². The van der Waals surface area contributed by atoms with Crippen LogP contribution in [0.3, 0.4) is 0 Å². The summed E-state index contributed by atoms with van der Waals surface area (Å²) in [4.78, 5) is 12.4. The third-order valence-corrected chi connectivity index (χ3v) is 5.89. The van der Waals surface area contributed by atoms with Crippen molar-refractivity contribution in [3.63, 3.8) is 0 Å². The lowest BCUT2D eigenvalue weighted by Crippen LogP contribution is -2.25. The average molecular weight is 401 g/mol. The first-order chi connectivity index (χ1) is 14.3. The predicted octanol–water partition coefficient (Wildman–Crippen LogP) is 6.64. The maximum atomic E-state index is 12.4. The molecule has 0 aliphatic rings. The summed E-state index contributed by atoms with van der Waals surface area (Å²) in [7, 11) is 0. The number of carboxylic acid groups (broad SMARTS) is 1. The van der Waals surface area contributed by atoms with Crippen molar-refractivity contribution in [2.45, 2.75) is 51.4 Å². The van der Waals surface area contributed by atoms with Crippen LogP contribution in [0, 0.1) is 5.92 Å². The van der Waals surface area contributed by atoms with E-state index in [4.69, 9.17) is 0 Å². The molecule has 0 saturated carbocycles. The highest BCUT2D eigenvalue weighted by atomic mass is 16.4. The SMILES string of the molecule is CC(C)(C)c1ccc(C(CCc2ccccc2)C(Cc2ccccc2)C(=O)O)cc1. The summed E-state index contributed by atoms with van der Waals surface area (Å²) >= 11 is 0. The molecule has 0 amide bonds. The molecule has 3 aromatic carbocycles. The molecule has 30 heavy (non-hydrogen) atoms. The van der Waals surface area contributed by atoms with Gasteiger partial charge < -0.3 is 5.11 Å². The van der Waals surface area contributed by atoms with E-state index >= 15 is 0 Å². The Morgan fingerprint density at radius 2 is 1.33 bits per heavy atom. The standard InChI is InChI=1S/C28H32O2/c1-28(2,3)24-17-15-23(16-18-24)25(19-14-21-10-6-4-7-11-21)26(27(29)30)20-22-12-8-5-9-13-22/h4-13,15-18,25-26H,14,19-20H2,1-3H3,(H,29,30). The highest BCUT2D eigenvalue weighted by molar-refractivity contribution is 5.72. The smallest absolute Gasteiger partial charge is 0.307 e. The van der Waals surface area contributed by atoms with Gasteiger partial charge in [-0.2, -0.15) is 0 Å². The molecule has 1 N–H and O–H groups in total. The lowest BCUT2D eigenvalue weighted by molar-refractivity contribution is -0.142. The fraction of sp³-hybridized carbons (Fsp3) is 0.321. The van der Waals surface area contributed by atoms with Gasteiger partial charge in [-0.3, -0.25) is 4.79 Å². The van der Waals surface area contributed by atoms with E-state index in [0.29, 0.717) is 6.42 Å². The Bertz CT molecular complexity index is 922. The molecule has 0 fully saturated rings. The number of aryl methyl sites for hydroxylation is 1. The van der Waals surface area contributed by atoms with Crippen LogP contribution in [0.4, 0.5) is 0 Å². The molecule has 2 heteroatoms. The maximum Gasteiger partial charge on any atom is 0.307 e. The minimum absolute atomic E-state index is 0.0445. The van der Waals surface area contributed by atoms with Crippen LogP contribution >= 0.6 is 0 Å². The van der Waals surface area contributed by atoms with Crippen LogP contribution in [0.25, 0.3) is 0 Å². The zero-order valence-corrected chi connectivity index (χ0v) is 18.2. The molecule has 0 aliphatic heterocycles. The Morgan fingerprint density at radius 1 is 0.800 bits per heavy atom. The summed E-state index contributed by atoms with van der Waals surface area (Å²) in [5, 5.41) is 10.1. The molecule has 156 valence electrons. The summed E-state index contributed by atoms with van der Waals surface area (Å²) in [5.41, 5.74) is 4.78. The summed E-state index contributed by atoms with van der Waals surface area (Å²) in [6.07, 6.45) is 2.21. The van der Waals surface area contributed by atoms with Crippen molar-refractivity contribution in [1.29, 1.82) is 0 Å². The summed E-state index contributed by atoms with van der Waals surface area (Å²) in [6, 6.07) is 28.9. The molecule has 0 radical (unpaired) electrons. The lowest BCUT2D eigenvalue weighted by atomic mass is 9.77. The molecule has 0 heterocycles. The minimum atomic E-state index is -0.725. The topological polar surface area (TPSA) is 37.3 Å². The van der Waals surface area contributed by atoms with Gasteiger partial charge in [-0.05, 0) is 52.8 Å². The summed E-state index contributed by atoms with van der Waals surface area (Å²) in [6.45, 7) is 6.60. The van der Waals surface area contributed by atoms with E-state index in [-0.39, 0.29) is 11.3 Å². The zero-order chi connectivity index (χ0) is 21.6. The fourth-order valence-corrected chi connectivity index (χ4v) is 4.07. The van der Waals surface area contributed by atoms with Gasteiger partial charge in [-0.25, -0.2) is 0 Å². The van der Waals surface area contributed by atoms with Crippen molar-refractivity contribution in [2.75, 3.05) is 0 Å². The molecule has 3 rings (SSSR count). The minimum Gasteiger partial charge on any atom is -0.481 e. The van der Waals surface area contributed by atoms with Crippen molar-refractivity contribution in [3.8, 4) is 0 Å². The fourth-order valence-electron chi connectivity index (χ4n) is 4.07. The Morgan fingerprint density at radius 3 is 1.83 bits per heavy atom. The van der Waals surface area contributed by atoms with E-state index in [1.54, 1.807) is 0 Å². The Labute approximate surface area is 180 Å². The molecule has 0 bridgehead atoms. The average Bonchev–Trinajstić information content (AvgIpc) is 2.74. The van der Waals surface area contributed by atoms with E-state index in [9.17, 15) is 9.90 Å². The van der Waals surface area contributed by atoms with Gasteiger partial charge in [-0.15, -0.1) is 0 Å². The first kappa shape index (κ1) is 21.8. The summed E-state index contributed by atoms with van der Waals surface area (Å²) < 4.78 is 0. The number of rotatable bonds is 8. The predicted molar refractivity (Wildman–Crippen MR) is 124 cm³/mol. The van der Waals surface area contributed by atoms with Crippen LogP contribution in [-0.2, 0) is 23.1 Å². The van der Waals surface area contributed by atoms with Crippen LogP contribution in [0.5, 0.6) is 0 Å². The Hall–Kier alpha value is -2.87. The first-order valence-corrected chi connectivity index (χ1v) is 10.8. The van der Waals surface area contributed by atoms with E-state index in [1.165, 1.54) is 11.1 Å². The first-order valence-electron chi connectivity index (χ1n) is 10.8. The third-order valence-electron chi connectivity index (χ3n) is 5.89. The molecular formula is C28H32O2. The second kappa shape index (κ2) is 9.75. The number of benzene rings is 3. The quantitative estimate of drug-likeness (QED) is 0.460. The number of aliphatic carboxylic acids is 1. The molecule has 0 spiro atoms. The van der Waals surface area contributed by atoms with E-state index in [0.717, 1.165) is 24.0 Å². The van der Waals surface area contributed by atoms with Crippen LogP contribution in [-0.4, -0.2) is 11.1 Å². The van der Waals surface area contributed by atoms with Gasteiger partial charge in [-0.1, -0.05) is 106 Å². The molecule has 0 aromatic heterocycles. The van der Waals surface area contributed by atoms with Gasteiger partial charge in [0.1, 0.15) is 0 Å². The molecule has 0 aliphatic carbocycles. The number of carbonyl (C=O) groups is 1. The van der Waals surface area contributed by atoms with Gasteiger partial charge >= 0.3 is 5.97 Å². The Balaban J connectivity index is 1.91. The number of hydrogen-bond acceptors (Lipinski definition) is 1. The largest absolute Gasteiger partial charge is 0.481 e. The summed E-state index contributed by atoms with van der Waals surface area (Å²) in [5.74, 6) is -1.23. The molecule has 0 saturated heterocycles. The van der Waals surface area contributed by atoms with Gasteiger partial charge in [0.05, 0.1) is 5.92 Å². The molecular weight excluding hydrogens is 368 g/mol. The van der Waals surface area contributed by atoms with Crippen LogP contribution in [0.15, 0.2) is 84.9 Å². The van der Waals surface area contributed by atoms with Crippen LogP contribution in [0.2, 0.25) is 0 Å². The van der Waals surface area contributed by atoms with Crippen molar-refractivity contribution in [2.24, 2.45) is 5.92 Å². The highest BCUT2D eigenvalue weighted by Gasteiger charge is 2.30. The van der Waals surface area contributed by atoms with Crippen molar-refractivity contribution >= 4 is 5.97 Å². The molecule has 2 nitrogen and oxygen atoms in total. The van der Waals surface area contributed by atoms with Crippen molar-refractivity contribution in [1.82, 2.24) is 0 Å². The lowest BCUT2D eigenvalue weighted by Gasteiger charge is -2.26. The number of carboxylic acids is 1.